The number of amides is 1. The van der Waals surface area contributed by atoms with E-state index in [4.69, 9.17) is 9.15 Å². The van der Waals surface area contributed by atoms with Crippen molar-refractivity contribution in [3.05, 3.63) is 73.0 Å². The third-order valence-corrected chi connectivity index (χ3v) is 5.08. The van der Waals surface area contributed by atoms with E-state index in [1.807, 2.05) is 62.4 Å². The minimum Gasteiger partial charge on any atom is -0.464 e. The van der Waals surface area contributed by atoms with E-state index in [0.717, 1.165) is 35.6 Å². The number of furan rings is 1. The maximum Gasteiger partial charge on any atom is 0.255 e. The Bertz CT molecular complexity index is 932. The molecule has 1 N–H and O–H groups in total. The molecule has 1 amide bonds. The lowest BCUT2D eigenvalue weighted by Gasteiger charge is -2.27. The Balaban J connectivity index is 0.000000431. The molecule has 0 radical (unpaired) electrons. The van der Waals surface area contributed by atoms with E-state index < -0.39 is 0 Å². The van der Waals surface area contributed by atoms with Gasteiger partial charge >= 0.3 is 0 Å². The maximum atomic E-state index is 12.4. The molecule has 0 unspecified atom stereocenters. The average molecular weight is 443 g/mol. The first kappa shape index (κ1) is 24.5. The van der Waals surface area contributed by atoms with Crippen molar-refractivity contribution in [1.82, 2.24) is 0 Å². The van der Waals surface area contributed by atoms with E-state index in [9.17, 15) is 4.79 Å². The predicted octanol–water partition coefficient (Wildman–Crippen LogP) is 5.97. The summed E-state index contributed by atoms with van der Waals surface area (Å²) >= 11 is 1.73. The Labute approximate surface area is 188 Å². The van der Waals surface area contributed by atoms with Crippen molar-refractivity contribution in [3.63, 3.8) is 0 Å². The van der Waals surface area contributed by atoms with Crippen molar-refractivity contribution in [2.45, 2.75) is 13.8 Å². The molecule has 1 aliphatic heterocycles. The molecule has 2 aromatic carbocycles. The molecule has 166 valence electrons. The van der Waals surface area contributed by atoms with Gasteiger partial charge in [0.1, 0.15) is 12.3 Å². The van der Waals surface area contributed by atoms with Crippen LogP contribution in [-0.2, 0) is 9.47 Å². The molecule has 6 nitrogen and oxygen atoms in total. The monoisotopic (exact) mass is 442 g/mol. The van der Waals surface area contributed by atoms with E-state index >= 15 is 0 Å². The van der Waals surface area contributed by atoms with Gasteiger partial charge in [-0.1, -0.05) is 6.08 Å². The molecule has 0 bridgehead atoms. The number of benzene rings is 2. The van der Waals surface area contributed by atoms with E-state index in [1.165, 1.54) is 0 Å². The molecule has 7 heteroatoms. The second-order valence-corrected chi connectivity index (χ2v) is 7.52. The van der Waals surface area contributed by atoms with Gasteiger partial charge in [-0.3, -0.25) is 9.10 Å². The number of carbonyl (C=O) groups is 1. The summed E-state index contributed by atoms with van der Waals surface area (Å²) in [6, 6.07) is 15.0. The van der Waals surface area contributed by atoms with Gasteiger partial charge in [0.05, 0.1) is 12.9 Å². The summed E-state index contributed by atoms with van der Waals surface area (Å²) < 4.78 is 17.4. The molecule has 1 aliphatic rings. The van der Waals surface area contributed by atoms with Crippen LogP contribution in [0.15, 0.2) is 71.9 Å². The number of nitrogens with one attached hydrogen (secondary N) is 1. The van der Waals surface area contributed by atoms with E-state index in [0.29, 0.717) is 18.0 Å². The van der Waals surface area contributed by atoms with Gasteiger partial charge in [-0.15, -0.1) is 6.58 Å². The number of ether oxygens (including phenoxy) is 2. The van der Waals surface area contributed by atoms with Crippen molar-refractivity contribution >= 4 is 40.2 Å². The van der Waals surface area contributed by atoms with Gasteiger partial charge in [0.15, 0.2) is 0 Å². The molecule has 0 aliphatic carbocycles. The Kier molecular flexibility index (Phi) is 10.7. The topological polar surface area (TPSA) is 63.9 Å². The van der Waals surface area contributed by atoms with Crippen LogP contribution in [0.4, 0.5) is 11.4 Å². The van der Waals surface area contributed by atoms with Gasteiger partial charge in [0.2, 0.25) is 0 Å². The molecule has 1 aromatic heterocycles. The van der Waals surface area contributed by atoms with Gasteiger partial charge in [0.25, 0.3) is 5.91 Å². The summed E-state index contributed by atoms with van der Waals surface area (Å²) in [5.74, 6) is 0.798. The van der Waals surface area contributed by atoms with Gasteiger partial charge in [-0.25, -0.2) is 0 Å². The smallest absolute Gasteiger partial charge is 0.255 e. The van der Waals surface area contributed by atoms with Crippen molar-refractivity contribution in [3.8, 4) is 0 Å². The minimum absolute atomic E-state index is 0.144. The maximum absolute atomic E-state index is 12.4. The van der Waals surface area contributed by atoms with Crippen molar-refractivity contribution < 1.29 is 18.7 Å². The lowest BCUT2D eigenvalue weighted by Crippen LogP contribution is -2.25. The van der Waals surface area contributed by atoms with Crippen LogP contribution >= 0.6 is 11.9 Å². The number of carbonyl (C=O) groups excluding carboxylic acids is 1. The first-order valence-corrected chi connectivity index (χ1v) is 11.0. The average Bonchev–Trinajstić information content (AvgIpc) is 3.28. The van der Waals surface area contributed by atoms with Crippen LogP contribution in [-0.4, -0.2) is 38.7 Å². The van der Waals surface area contributed by atoms with Crippen molar-refractivity contribution in [2.75, 3.05) is 42.4 Å². The third-order valence-electron chi connectivity index (χ3n) is 4.10. The molecule has 1 saturated heterocycles. The summed E-state index contributed by atoms with van der Waals surface area (Å²) in [5, 5.41) is 3.91. The largest absolute Gasteiger partial charge is 0.464 e. The summed E-state index contributed by atoms with van der Waals surface area (Å²) in [6.45, 7) is 9.38. The fraction of sp³-hybridized carbons (Fsp3) is 0.292. The first-order valence-electron chi connectivity index (χ1n) is 10.1. The van der Waals surface area contributed by atoms with E-state index in [2.05, 4.69) is 20.9 Å². The van der Waals surface area contributed by atoms with Gasteiger partial charge in [-0.05, 0) is 68.3 Å². The molecular weight excluding hydrogens is 412 g/mol. The van der Waals surface area contributed by atoms with Gasteiger partial charge in [0, 0.05) is 47.9 Å². The molecule has 1 fully saturated rings. The number of hydrogen-bond acceptors (Lipinski definition) is 6. The zero-order valence-electron chi connectivity index (χ0n) is 18.3. The van der Waals surface area contributed by atoms with E-state index in [-0.39, 0.29) is 5.91 Å². The zero-order chi connectivity index (χ0) is 22.5. The highest BCUT2D eigenvalue weighted by atomic mass is 32.2. The quantitative estimate of drug-likeness (QED) is 0.397. The summed E-state index contributed by atoms with van der Waals surface area (Å²) in [5.41, 5.74) is 3.12. The standard InChI is InChI=1S/C18H16N2O3S.C3H8O.C3H6/c21-18(19-15-4-1-13-7-8-23-17(13)11-15)14-2-5-16(6-3-14)20-12-22-9-10-24-20;1-3-4-2;1-3-2/h1-8,11H,9-10,12H2,(H,19,21);3H2,1-2H3;3H,1H2,2H3. The number of methoxy groups -OCH3 is 1. The molecule has 0 saturated carbocycles. The minimum atomic E-state index is -0.144. The first-order chi connectivity index (χ1) is 15.1. The van der Waals surface area contributed by atoms with Crippen LogP contribution in [0.5, 0.6) is 0 Å². The Morgan fingerprint density at radius 1 is 1.26 bits per heavy atom. The molecule has 3 aromatic rings. The van der Waals surface area contributed by atoms with Crippen LogP contribution in [0.1, 0.15) is 24.2 Å². The molecular formula is C24H30N2O4S. The second-order valence-electron chi connectivity index (χ2n) is 6.41. The van der Waals surface area contributed by atoms with Crippen LogP contribution in [0.3, 0.4) is 0 Å². The molecule has 0 atom stereocenters. The Hall–Kier alpha value is -2.74. The van der Waals surface area contributed by atoms with Crippen LogP contribution in [0, 0.1) is 0 Å². The van der Waals surface area contributed by atoms with Gasteiger partial charge in [-0.2, -0.15) is 0 Å². The normalized spacial score (nSPS) is 12.8. The number of nitrogens with zero attached hydrogens (tertiary/aromatic N) is 1. The lowest BCUT2D eigenvalue weighted by atomic mass is 10.2. The summed E-state index contributed by atoms with van der Waals surface area (Å²) in [7, 11) is 1.68. The highest BCUT2D eigenvalue weighted by Crippen LogP contribution is 2.25. The third kappa shape index (κ3) is 7.79. The fourth-order valence-electron chi connectivity index (χ4n) is 2.56. The zero-order valence-corrected chi connectivity index (χ0v) is 19.1. The number of fused-ring (bicyclic) bond motifs is 1. The number of rotatable bonds is 4. The van der Waals surface area contributed by atoms with Crippen molar-refractivity contribution in [1.29, 1.82) is 0 Å². The molecule has 4 rings (SSSR count). The van der Waals surface area contributed by atoms with E-state index in [1.54, 1.807) is 31.4 Å². The van der Waals surface area contributed by atoms with Crippen LogP contribution in [0.25, 0.3) is 11.0 Å². The van der Waals surface area contributed by atoms with Crippen molar-refractivity contribution in [2.24, 2.45) is 0 Å². The Morgan fingerprint density at radius 2 is 1.97 bits per heavy atom. The lowest BCUT2D eigenvalue weighted by molar-refractivity contribution is 0.102. The fourth-order valence-corrected chi connectivity index (χ4v) is 3.39. The second kappa shape index (κ2) is 13.5. The van der Waals surface area contributed by atoms with Crippen LogP contribution < -0.4 is 9.62 Å². The van der Waals surface area contributed by atoms with Gasteiger partial charge < -0.3 is 19.2 Å². The molecule has 31 heavy (non-hydrogen) atoms. The number of anilines is 2. The highest BCUT2D eigenvalue weighted by Gasteiger charge is 2.13. The summed E-state index contributed by atoms with van der Waals surface area (Å²) in [6.07, 6.45) is 3.39. The van der Waals surface area contributed by atoms with Crippen LogP contribution in [0.2, 0.25) is 0 Å². The molecule has 0 spiro atoms. The summed E-state index contributed by atoms with van der Waals surface area (Å²) in [4.78, 5) is 12.4. The SMILES string of the molecule is C=CC.CCOC.O=C(Nc1ccc2ccoc2c1)c1ccc(N2COCCS2)cc1. The number of hydrogen-bond donors (Lipinski definition) is 1. The molecule has 2 heterocycles. The Morgan fingerprint density at radius 3 is 2.58 bits per heavy atom. The predicted molar refractivity (Wildman–Crippen MR) is 130 cm³/mol. The number of allylic oxidation sites excluding steroid dienone is 1. The highest BCUT2D eigenvalue weighted by molar-refractivity contribution is 8.00.